The lowest BCUT2D eigenvalue weighted by atomic mass is 9.99. The molecule has 1 amide bonds. The number of nitrogens with one attached hydrogen (secondary N) is 3. The zero-order chi connectivity index (χ0) is 21.0. The molecule has 1 aromatic heterocycles. The quantitative estimate of drug-likeness (QED) is 0.555. The molecule has 2 heterocycles. The van der Waals surface area contributed by atoms with Gasteiger partial charge in [-0.25, -0.2) is 4.98 Å². The van der Waals surface area contributed by atoms with E-state index in [9.17, 15) is 18.0 Å². The van der Waals surface area contributed by atoms with Crippen molar-refractivity contribution in [1.82, 2.24) is 15.6 Å². The van der Waals surface area contributed by atoms with Crippen LogP contribution in [-0.4, -0.2) is 28.1 Å². The van der Waals surface area contributed by atoms with Gasteiger partial charge in [-0.05, 0) is 29.8 Å². The summed E-state index contributed by atoms with van der Waals surface area (Å²) in [6.45, 7) is 0.164. The number of amides is 1. The van der Waals surface area contributed by atoms with E-state index in [1.165, 1.54) is 6.20 Å². The summed E-state index contributed by atoms with van der Waals surface area (Å²) in [5.41, 5.74) is 7.06. The fourth-order valence-electron chi connectivity index (χ4n) is 2.85. The number of pyridine rings is 1. The molecule has 1 unspecified atom stereocenters. The van der Waals surface area contributed by atoms with Gasteiger partial charge < -0.3 is 21.7 Å². The van der Waals surface area contributed by atoms with Crippen molar-refractivity contribution in [1.29, 1.82) is 0 Å². The fourth-order valence-corrected chi connectivity index (χ4v) is 3.18. The van der Waals surface area contributed by atoms with Crippen LogP contribution in [0.3, 0.4) is 0 Å². The number of nitrogens with two attached hydrogens (primary N) is 1. The molecule has 0 bridgehead atoms. The van der Waals surface area contributed by atoms with E-state index in [1.54, 1.807) is 36.4 Å². The van der Waals surface area contributed by atoms with E-state index in [4.69, 9.17) is 18.0 Å². The van der Waals surface area contributed by atoms with Gasteiger partial charge >= 0.3 is 6.18 Å². The van der Waals surface area contributed by atoms with Crippen LogP contribution in [0, 0.1) is 0 Å². The van der Waals surface area contributed by atoms with E-state index in [2.05, 4.69) is 15.6 Å². The van der Waals surface area contributed by atoms with Crippen LogP contribution in [0.15, 0.2) is 59.9 Å². The average Bonchev–Trinajstić information content (AvgIpc) is 2.66. The highest BCUT2D eigenvalue weighted by Gasteiger charge is 2.45. The van der Waals surface area contributed by atoms with Gasteiger partial charge in [0.1, 0.15) is 16.8 Å². The molecule has 0 spiro atoms. The normalized spacial score (nSPS) is 16.9. The highest BCUT2D eigenvalue weighted by atomic mass is 32.1. The second kappa shape index (κ2) is 8.48. The number of alkyl halides is 3. The van der Waals surface area contributed by atoms with Crippen LogP contribution < -0.4 is 21.7 Å². The number of hydrogen-bond acceptors (Lipinski definition) is 5. The highest BCUT2D eigenvalue weighted by Crippen LogP contribution is 2.29. The van der Waals surface area contributed by atoms with Crippen molar-refractivity contribution < 1.29 is 18.0 Å². The molecule has 0 aliphatic carbocycles. The van der Waals surface area contributed by atoms with Gasteiger partial charge in [-0.3, -0.25) is 4.79 Å². The summed E-state index contributed by atoms with van der Waals surface area (Å²) in [5, 5.41) is 7.81. The minimum absolute atomic E-state index is 0.0219. The van der Waals surface area contributed by atoms with Crippen LogP contribution in [0.2, 0.25) is 0 Å². The number of aromatic nitrogens is 1. The van der Waals surface area contributed by atoms with Gasteiger partial charge in [0.2, 0.25) is 0 Å². The molecule has 2 aromatic rings. The van der Waals surface area contributed by atoms with Crippen molar-refractivity contribution in [3.63, 3.8) is 0 Å². The van der Waals surface area contributed by atoms with Crippen LogP contribution in [0.25, 0.3) is 0 Å². The van der Waals surface area contributed by atoms with Gasteiger partial charge in [0.05, 0.1) is 5.57 Å². The fraction of sp³-hybridized carbons (Fsp3) is 0.211. The van der Waals surface area contributed by atoms with Crippen LogP contribution in [-0.2, 0) is 11.3 Å². The Hall–Kier alpha value is -3.14. The summed E-state index contributed by atoms with van der Waals surface area (Å²) in [6.07, 6.45) is -3.54. The first-order chi connectivity index (χ1) is 13.7. The molecule has 3 rings (SSSR count). The molecular formula is C19H18F3N5OS. The predicted octanol–water partition coefficient (Wildman–Crippen LogP) is 2.90. The van der Waals surface area contributed by atoms with Crippen LogP contribution in [0.1, 0.15) is 12.0 Å². The molecule has 1 atom stereocenters. The Morgan fingerprint density at radius 2 is 2.00 bits per heavy atom. The lowest BCUT2D eigenvalue weighted by molar-refractivity contribution is -0.161. The zero-order valence-electron chi connectivity index (χ0n) is 15.1. The Morgan fingerprint density at radius 1 is 1.28 bits per heavy atom. The van der Waals surface area contributed by atoms with Gasteiger partial charge in [0.25, 0.3) is 5.91 Å². The zero-order valence-corrected chi connectivity index (χ0v) is 15.9. The van der Waals surface area contributed by atoms with Gasteiger partial charge in [0.15, 0.2) is 0 Å². The van der Waals surface area contributed by atoms with Crippen LogP contribution in [0.5, 0.6) is 0 Å². The monoisotopic (exact) mass is 421 g/mol. The molecule has 1 aromatic carbocycles. The molecule has 0 radical (unpaired) electrons. The number of benzene rings is 1. The minimum Gasteiger partial charge on any atom is -0.384 e. The van der Waals surface area contributed by atoms with Crippen molar-refractivity contribution in [2.24, 2.45) is 0 Å². The second-order valence-electron chi connectivity index (χ2n) is 6.39. The van der Waals surface area contributed by atoms with Gasteiger partial charge in [0, 0.05) is 30.5 Å². The first-order valence-corrected chi connectivity index (χ1v) is 9.06. The third kappa shape index (κ3) is 5.23. The Morgan fingerprint density at radius 3 is 2.66 bits per heavy atom. The smallest absolute Gasteiger partial charge is 0.384 e. The average molecular weight is 421 g/mol. The number of nitrogens with zero attached hydrogens (tertiary/aromatic N) is 1. The largest absolute Gasteiger partial charge is 0.409 e. The summed E-state index contributed by atoms with van der Waals surface area (Å²) in [4.78, 5) is 16.4. The maximum absolute atomic E-state index is 13.2. The minimum atomic E-state index is -4.58. The predicted molar refractivity (Wildman–Crippen MR) is 108 cm³/mol. The van der Waals surface area contributed by atoms with E-state index in [-0.39, 0.29) is 28.6 Å². The van der Waals surface area contributed by atoms with Gasteiger partial charge in [-0.1, -0.05) is 30.4 Å². The Labute approximate surface area is 170 Å². The van der Waals surface area contributed by atoms with Crippen molar-refractivity contribution in [2.45, 2.75) is 25.2 Å². The van der Waals surface area contributed by atoms with Gasteiger partial charge in [-0.15, -0.1) is 0 Å². The molecule has 0 saturated heterocycles. The van der Waals surface area contributed by atoms with E-state index in [1.807, 2.05) is 11.4 Å². The van der Waals surface area contributed by atoms with E-state index < -0.39 is 24.5 Å². The first-order valence-electron chi connectivity index (χ1n) is 8.65. The van der Waals surface area contributed by atoms with E-state index in [0.29, 0.717) is 11.3 Å². The number of carbonyl (C=O) groups is 1. The second-order valence-corrected chi connectivity index (χ2v) is 6.80. The van der Waals surface area contributed by atoms with E-state index >= 15 is 0 Å². The number of halogens is 3. The molecule has 29 heavy (non-hydrogen) atoms. The molecule has 5 N–H and O–H groups in total. The summed E-state index contributed by atoms with van der Waals surface area (Å²) in [5.74, 6) is -0.599. The molecule has 152 valence electrons. The number of rotatable bonds is 5. The molecule has 0 saturated carbocycles. The van der Waals surface area contributed by atoms with Gasteiger partial charge in [-0.2, -0.15) is 13.2 Å². The van der Waals surface area contributed by atoms with Crippen molar-refractivity contribution in [3.8, 4) is 0 Å². The lowest BCUT2D eigenvalue weighted by Crippen LogP contribution is -2.52. The number of para-hydroxylation sites is 1. The molecular weight excluding hydrogens is 403 g/mol. The topological polar surface area (TPSA) is 92.1 Å². The Kier molecular flexibility index (Phi) is 6.02. The number of nitrogen functional groups attached to an aromatic ring is 1. The summed E-state index contributed by atoms with van der Waals surface area (Å²) < 4.78 is 39.7. The third-order valence-electron chi connectivity index (χ3n) is 4.25. The molecule has 10 heteroatoms. The third-order valence-corrected chi connectivity index (χ3v) is 4.55. The Bertz CT molecular complexity index is 946. The first kappa shape index (κ1) is 20.6. The summed E-state index contributed by atoms with van der Waals surface area (Å²) >= 11 is 5.31. The molecule has 6 nitrogen and oxygen atoms in total. The highest BCUT2D eigenvalue weighted by molar-refractivity contribution is 7.81. The number of hydrogen-bond donors (Lipinski definition) is 4. The number of carbonyl (C=O) groups excluding carboxylic acids is 1. The lowest BCUT2D eigenvalue weighted by Gasteiger charge is -2.30. The van der Waals surface area contributed by atoms with Crippen molar-refractivity contribution >= 4 is 34.6 Å². The molecule has 1 aliphatic heterocycles. The standard InChI is InChI=1S/C19H18F3N5OS/c20-19(21,22)14-9-13(25-10-11-6-7-24-15(23)8-11)16(17(28)27-14)18(29)26-12-4-2-1-3-5-12/h1-8,14,25H,9-10H2,(H2,23,24)(H,26,29)(H,27,28). The van der Waals surface area contributed by atoms with Crippen LogP contribution in [0.4, 0.5) is 24.7 Å². The van der Waals surface area contributed by atoms with E-state index in [0.717, 1.165) is 0 Å². The number of thiocarbonyl (C=S) groups is 1. The maximum Gasteiger partial charge on any atom is 0.409 e. The Balaban J connectivity index is 1.88. The molecule has 0 fully saturated rings. The van der Waals surface area contributed by atoms with Crippen molar-refractivity contribution in [2.75, 3.05) is 11.1 Å². The molecule has 1 aliphatic rings. The number of anilines is 2. The SMILES string of the molecule is Nc1cc(CNC2=C(C(=S)Nc3ccccc3)C(=O)NC(C(F)(F)F)C2)ccn1. The summed E-state index contributed by atoms with van der Waals surface area (Å²) in [6, 6.07) is 10.1. The summed E-state index contributed by atoms with van der Waals surface area (Å²) in [7, 11) is 0. The van der Waals surface area contributed by atoms with Crippen molar-refractivity contribution in [3.05, 3.63) is 65.5 Å². The maximum atomic E-state index is 13.2. The van der Waals surface area contributed by atoms with Crippen LogP contribution >= 0.6 is 12.2 Å².